The van der Waals surface area contributed by atoms with Crippen molar-refractivity contribution in [2.75, 3.05) is 13.2 Å². The Bertz CT molecular complexity index is 782. The average Bonchev–Trinajstić information content (AvgIpc) is 3.06. The van der Waals surface area contributed by atoms with Gasteiger partial charge in [0.05, 0.1) is 6.61 Å². The standard InChI is InChI=1S/C41H72O5/c1-3-5-7-9-11-13-15-17-19-20-22-23-25-27-29-31-33-35-40(43)45-38-39(37-42)46-41(44)36-34-32-30-28-26-24-21-18-16-14-12-10-8-6-4-2/h11-14,17-19,21,39,42H,3-10,15-16,20,22-38H2,1-2H3. The molecule has 1 atom stereocenters. The molecule has 0 aliphatic heterocycles. The van der Waals surface area contributed by atoms with Gasteiger partial charge in [0.25, 0.3) is 0 Å². The number of aliphatic hydroxyl groups is 1. The van der Waals surface area contributed by atoms with Crippen molar-refractivity contribution in [1.82, 2.24) is 0 Å². The quantitative estimate of drug-likeness (QED) is 0.0429. The van der Waals surface area contributed by atoms with Crippen LogP contribution in [0.1, 0.15) is 181 Å². The number of carbonyl (C=O) groups is 2. The molecule has 1 unspecified atom stereocenters. The molecule has 0 aromatic carbocycles. The monoisotopic (exact) mass is 645 g/mol. The number of carbonyl (C=O) groups excluding carboxylic acids is 2. The number of hydrogen-bond acceptors (Lipinski definition) is 5. The summed E-state index contributed by atoms with van der Waals surface area (Å²) in [6, 6.07) is 0. The van der Waals surface area contributed by atoms with Gasteiger partial charge in [-0.15, -0.1) is 0 Å². The van der Waals surface area contributed by atoms with E-state index in [1.165, 1.54) is 83.5 Å². The predicted octanol–water partition coefficient (Wildman–Crippen LogP) is 11.8. The van der Waals surface area contributed by atoms with E-state index < -0.39 is 6.10 Å². The number of ether oxygens (including phenoxy) is 2. The number of aliphatic hydroxyl groups excluding tert-OH is 1. The van der Waals surface area contributed by atoms with Crippen LogP contribution in [0.5, 0.6) is 0 Å². The molecule has 1 N–H and O–H groups in total. The number of hydrogen-bond donors (Lipinski definition) is 1. The molecule has 0 fully saturated rings. The Balaban J connectivity index is 3.61. The molecular formula is C41H72O5. The van der Waals surface area contributed by atoms with E-state index in [0.29, 0.717) is 12.8 Å². The fourth-order valence-electron chi connectivity index (χ4n) is 5.14. The van der Waals surface area contributed by atoms with Gasteiger partial charge in [0.1, 0.15) is 6.61 Å². The van der Waals surface area contributed by atoms with Gasteiger partial charge in [-0.25, -0.2) is 0 Å². The van der Waals surface area contributed by atoms with Crippen molar-refractivity contribution < 1.29 is 24.2 Å². The van der Waals surface area contributed by atoms with Crippen LogP contribution in [0.2, 0.25) is 0 Å². The Hall–Kier alpha value is -2.14. The highest BCUT2D eigenvalue weighted by atomic mass is 16.6. The molecule has 0 aromatic heterocycles. The zero-order valence-electron chi connectivity index (χ0n) is 30.1. The van der Waals surface area contributed by atoms with Gasteiger partial charge in [0, 0.05) is 12.8 Å². The van der Waals surface area contributed by atoms with Gasteiger partial charge in [-0.3, -0.25) is 9.59 Å². The molecule has 0 aromatic rings. The zero-order valence-corrected chi connectivity index (χ0v) is 30.1. The highest BCUT2D eigenvalue weighted by molar-refractivity contribution is 5.70. The smallest absolute Gasteiger partial charge is 0.306 e. The Morgan fingerprint density at radius 3 is 1.28 bits per heavy atom. The largest absolute Gasteiger partial charge is 0.462 e. The molecule has 0 aliphatic carbocycles. The van der Waals surface area contributed by atoms with E-state index in [-0.39, 0.29) is 25.2 Å². The molecule has 0 rings (SSSR count). The summed E-state index contributed by atoms with van der Waals surface area (Å²) in [5, 5.41) is 9.54. The molecule has 0 aliphatic rings. The van der Waals surface area contributed by atoms with E-state index in [9.17, 15) is 14.7 Å². The van der Waals surface area contributed by atoms with Crippen molar-refractivity contribution in [3.8, 4) is 0 Å². The number of unbranched alkanes of at least 4 members (excludes halogenated alkanes) is 18. The second kappa shape index (κ2) is 37.3. The van der Waals surface area contributed by atoms with Crippen LogP contribution < -0.4 is 0 Å². The van der Waals surface area contributed by atoms with Gasteiger partial charge in [-0.05, 0) is 77.0 Å². The van der Waals surface area contributed by atoms with E-state index in [1.54, 1.807) is 0 Å². The Kier molecular flexibility index (Phi) is 35.6. The molecule has 5 heteroatoms. The molecule has 0 saturated heterocycles. The molecule has 0 bridgehead atoms. The zero-order chi connectivity index (χ0) is 33.6. The first-order valence-corrected chi connectivity index (χ1v) is 19.2. The summed E-state index contributed by atoms with van der Waals surface area (Å²) < 4.78 is 10.6. The van der Waals surface area contributed by atoms with E-state index in [4.69, 9.17) is 9.47 Å². The van der Waals surface area contributed by atoms with Crippen LogP contribution in [0.3, 0.4) is 0 Å². The average molecular weight is 645 g/mol. The summed E-state index contributed by atoms with van der Waals surface area (Å²) in [5.41, 5.74) is 0. The first kappa shape index (κ1) is 43.9. The normalized spacial score (nSPS) is 12.7. The maximum absolute atomic E-state index is 12.1. The molecule has 0 heterocycles. The van der Waals surface area contributed by atoms with Gasteiger partial charge in [-0.1, -0.05) is 140 Å². The lowest BCUT2D eigenvalue weighted by Crippen LogP contribution is -2.28. The summed E-state index contributed by atoms with van der Waals surface area (Å²) in [5.74, 6) is -0.618. The van der Waals surface area contributed by atoms with Crippen molar-refractivity contribution in [2.24, 2.45) is 0 Å². The predicted molar refractivity (Wildman–Crippen MR) is 196 cm³/mol. The maximum Gasteiger partial charge on any atom is 0.306 e. The number of rotatable bonds is 34. The third-order valence-electron chi connectivity index (χ3n) is 8.10. The van der Waals surface area contributed by atoms with E-state index in [2.05, 4.69) is 62.5 Å². The van der Waals surface area contributed by atoms with Crippen LogP contribution in [-0.4, -0.2) is 36.4 Å². The van der Waals surface area contributed by atoms with Crippen LogP contribution in [0.25, 0.3) is 0 Å². The van der Waals surface area contributed by atoms with E-state index in [0.717, 1.165) is 70.6 Å². The highest BCUT2D eigenvalue weighted by Crippen LogP contribution is 2.12. The highest BCUT2D eigenvalue weighted by Gasteiger charge is 2.16. The number of allylic oxidation sites excluding steroid dienone is 8. The summed E-state index contributed by atoms with van der Waals surface area (Å²) in [7, 11) is 0. The fourth-order valence-corrected chi connectivity index (χ4v) is 5.14. The third kappa shape index (κ3) is 34.7. The lowest BCUT2D eigenvalue weighted by Gasteiger charge is -2.15. The fraction of sp³-hybridized carbons (Fsp3) is 0.756. The summed E-state index contributed by atoms with van der Waals surface area (Å²) in [6.07, 6.45) is 45.9. The maximum atomic E-state index is 12.1. The van der Waals surface area contributed by atoms with Crippen molar-refractivity contribution in [3.05, 3.63) is 48.6 Å². The first-order valence-electron chi connectivity index (χ1n) is 19.2. The third-order valence-corrected chi connectivity index (χ3v) is 8.10. The van der Waals surface area contributed by atoms with Crippen LogP contribution in [0.4, 0.5) is 0 Å². The summed E-state index contributed by atoms with van der Waals surface area (Å²) in [6.45, 7) is 4.06. The second-order valence-electron chi connectivity index (χ2n) is 12.6. The molecule has 0 radical (unpaired) electrons. The minimum Gasteiger partial charge on any atom is -0.462 e. The van der Waals surface area contributed by atoms with Crippen molar-refractivity contribution >= 4 is 11.9 Å². The number of esters is 2. The lowest BCUT2D eigenvalue weighted by molar-refractivity contribution is -0.161. The first-order chi connectivity index (χ1) is 22.6. The van der Waals surface area contributed by atoms with Gasteiger partial charge < -0.3 is 14.6 Å². The second-order valence-corrected chi connectivity index (χ2v) is 12.6. The molecule has 5 nitrogen and oxygen atoms in total. The molecule has 0 saturated carbocycles. The van der Waals surface area contributed by atoms with Crippen molar-refractivity contribution in [3.63, 3.8) is 0 Å². The van der Waals surface area contributed by atoms with Gasteiger partial charge in [-0.2, -0.15) is 0 Å². The minimum atomic E-state index is -0.781. The Morgan fingerprint density at radius 1 is 0.500 bits per heavy atom. The molecule has 46 heavy (non-hydrogen) atoms. The van der Waals surface area contributed by atoms with E-state index >= 15 is 0 Å². The van der Waals surface area contributed by atoms with Crippen LogP contribution in [0.15, 0.2) is 48.6 Å². The van der Waals surface area contributed by atoms with Gasteiger partial charge in [0.2, 0.25) is 0 Å². The summed E-state index contributed by atoms with van der Waals surface area (Å²) in [4.78, 5) is 24.2. The van der Waals surface area contributed by atoms with Crippen LogP contribution in [-0.2, 0) is 19.1 Å². The van der Waals surface area contributed by atoms with Crippen molar-refractivity contribution in [2.45, 2.75) is 187 Å². The topological polar surface area (TPSA) is 72.8 Å². The van der Waals surface area contributed by atoms with Gasteiger partial charge >= 0.3 is 11.9 Å². The Labute approximate surface area is 284 Å². The lowest BCUT2D eigenvalue weighted by atomic mass is 10.1. The molecule has 0 spiro atoms. The van der Waals surface area contributed by atoms with Gasteiger partial charge in [0.15, 0.2) is 6.10 Å². The minimum absolute atomic E-state index is 0.0765. The molecule has 266 valence electrons. The molecule has 0 amide bonds. The summed E-state index contributed by atoms with van der Waals surface area (Å²) >= 11 is 0. The van der Waals surface area contributed by atoms with Crippen LogP contribution in [0, 0.1) is 0 Å². The van der Waals surface area contributed by atoms with Crippen LogP contribution >= 0.6 is 0 Å². The molecular weight excluding hydrogens is 572 g/mol. The van der Waals surface area contributed by atoms with Crippen molar-refractivity contribution in [1.29, 1.82) is 0 Å². The SMILES string of the molecule is CCCCCC=CCC=CCCCCCCCCCC(=O)OCC(CO)OC(=O)CCCCCCCC=CCC=CCCCCC. The Morgan fingerprint density at radius 2 is 0.870 bits per heavy atom. The van der Waals surface area contributed by atoms with E-state index in [1.807, 2.05) is 0 Å².